The van der Waals surface area contributed by atoms with Crippen molar-refractivity contribution < 1.29 is 27.9 Å². The Labute approximate surface area is 242 Å². The maximum atomic E-state index is 14.0. The van der Waals surface area contributed by atoms with Gasteiger partial charge in [-0.15, -0.1) is 0 Å². The van der Waals surface area contributed by atoms with Crippen LogP contribution in [0.25, 0.3) is 0 Å². The van der Waals surface area contributed by atoms with Crippen LogP contribution in [0, 0.1) is 6.92 Å². The number of carboxylic acids is 1. The number of halogens is 1. The van der Waals surface area contributed by atoms with E-state index in [1.807, 2.05) is 13.0 Å². The number of benzene rings is 3. The molecule has 1 aliphatic heterocycles. The van der Waals surface area contributed by atoms with Crippen molar-refractivity contribution in [3.63, 3.8) is 0 Å². The molecule has 11 heteroatoms. The van der Waals surface area contributed by atoms with Gasteiger partial charge in [-0.2, -0.15) is 4.31 Å². The van der Waals surface area contributed by atoms with Gasteiger partial charge >= 0.3 is 5.97 Å². The highest BCUT2D eigenvalue weighted by Crippen LogP contribution is 2.26. The van der Waals surface area contributed by atoms with Gasteiger partial charge < -0.3 is 15.3 Å². The van der Waals surface area contributed by atoms with E-state index < -0.39 is 46.4 Å². The zero-order chi connectivity index (χ0) is 28.9. The average Bonchev–Trinajstić information content (AvgIpc) is 2.92. The lowest BCUT2D eigenvalue weighted by Crippen LogP contribution is -2.63. The van der Waals surface area contributed by atoms with Gasteiger partial charge in [-0.05, 0) is 42.7 Å². The summed E-state index contributed by atoms with van der Waals surface area (Å²) in [6, 6.07) is 21.4. The number of nitrogens with zero attached hydrogens (tertiary/aromatic N) is 2. The Balaban J connectivity index is 1.73. The standard InChI is InChI=1S/C29H30BrN3O6S/c1-20-8-5-11-22(16-20)25(18-26(34)35)31-27(36)28-32(29(37)23-12-6-13-24(30)17-23)14-7-15-33(28)40(38,39)19-21-9-3-2-4-10-21/h2-6,8-13,16-17,25,28H,7,14-15,18-19H2,1H3,(H,31,36)(H,34,35). The molecule has 1 aliphatic rings. The van der Waals surface area contributed by atoms with Crippen molar-refractivity contribution >= 4 is 43.7 Å². The molecule has 0 saturated carbocycles. The van der Waals surface area contributed by atoms with Gasteiger partial charge in [0.25, 0.3) is 11.8 Å². The first-order chi connectivity index (χ1) is 19.0. The van der Waals surface area contributed by atoms with Gasteiger partial charge in [0.1, 0.15) is 0 Å². The molecule has 1 fully saturated rings. The minimum atomic E-state index is -4.06. The van der Waals surface area contributed by atoms with Crippen LogP contribution in [-0.4, -0.2) is 59.8 Å². The summed E-state index contributed by atoms with van der Waals surface area (Å²) in [5.74, 6) is -2.77. The fraction of sp³-hybridized carbons (Fsp3) is 0.276. The molecule has 3 aromatic rings. The van der Waals surface area contributed by atoms with Crippen molar-refractivity contribution in [3.05, 3.63) is 106 Å². The van der Waals surface area contributed by atoms with Gasteiger partial charge in [0, 0.05) is 23.1 Å². The van der Waals surface area contributed by atoms with Gasteiger partial charge in [-0.3, -0.25) is 14.4 Å². The molecule has 0 spiro atoms. The number of rotatable bonds is 9. The number of carbonyl (C=O) groups excluding carboxylic acids is 2. The van der Waals surface area contributed by atoms with Crippen molar-refractivity contribution in [1.82, 2.24) is 14.5 Å². The molecule has 0 aromatic heterocycles. The highest BCUT2D eigenvalue weighted by Gasteiger charge is 2.44. The number of carboxylic acid groups (broad SMARTS) is 1. The number of aliphatic carboxylic acids is 1. The van der Waals surface area contributed by atoms with E-state index in [4.69, 9.17) is 0 Å². The molecule has 3 aromatic carbocycles. The van der Waals surface area contributed by atoms with Crippen LogP contribution in [-0.2, 0) is 25.4 Å². The third kappa shape index (κ3) is 7.15. The van der Waals surface area contributed by atoms with Gasteiger partial charge in [0.05, 0.1) is 18.2 Å². The van der Waals surface area contributed by atoms with Crippen molar-refractivity contribution in [2.75, 3.05) is 13.1 Å². The lowest BCUT2D eigenvalue weighted by atomic mass is 10.0. The molecule has 210 valence electrons. The summed E-state index contributed by atoms with van der Waals surface area (Å²) in [5.41, 5.74) is 2.27. The lowest BCUT2D eigenvalue weighted by molar-refractivity contribution is -0.138. The molecule has 1 heterocycles. The predicted octanol–water partition coefficient (Wildman–Crippen LogP) is 4.09. The fourth-order valence-electron chi connectivity index (χ4n) is 4.79. The number of amides is 2. The molecule has 0 aliphatic carbocycles. The van der Waals surface area contributed by atoms with Crippen molar-refractivity contribution in [2.24, 2.45) is 0 Å². The number of carbonyl (C=O) groups is 3. The van der Waals surface area contributed by atoms with E-state index in [1.54, 1.807) is 72.8 Å². The number of aryl methyl sites for hydroxylation is 1. The second kappa shape index (κ2) is 12.8. The maximum Gasteiger partial charge on any atom is 0.305 e. The summed E-state index contributed by atoms with van der Waals surface area (Å²) in [6.45, 7) is 2.03. The summed E-state index contributed by atoms with van der Waals surface area (Å²) in [5, 5.41) is 12.3. The summed E-state index contributed by atoms with van der Waals surface area (Å²) in [6.07, 6.45) is -1.60. The molecule has 2 amide bonds. The fourth-order valence-corrected chi connectivity index (χ4v) is 6.89. The third-order valence-electron chi connectivity index (χ3n) is 6.60. The summed E-state index contributed by atoms with van der Waals surface area (Å²) in [7, 11) is -4.06. The van der Waals surface area contributed by atoms with Crippen LogP contribution in [0.1, 0.15) is 45.9 Å². The molecule has 4 rings (SSSR count). The Morgan fingerprint density at radius 2 is 1.73 bits per heavy atom. The second-order valence-corrected chi connectivity index (χ2v) is 12.5. The smallest absolute Gasteiger partial charge is 0.305 e. The summed E-state index contributed by atoms with van der Waals surface area (Å²) in [4.78, 5) is 40.6. The van der Waals surface area contributed by atoms with E-state index in [2.05, 4.69) is 21.2 Å². The van der Waals surface area contributed by atoms with Gasteiger partial charge in [-0.1, -0.05) is 82.2 Å². The maximum absolute atomic E-state index is 14.0. The molecular formula is C29H30BrN3O6S. The molecule has 0 radical (unpaired) electrons. The van der Waals surface area contributed by atoms with Gasteiger partial charge in [-0.25, -0.2) is 8.42 Å². The zero-order valence-electron chi connectivity index (χ0n) is 21.9. The van der Waals surface area contributed by atoms with E-state index in [0.29, 0.717) is 22.0 Å². The number of sulfonamides is 1. The monoisotopic (exact) mass is 627 g/mol. The number of hydrogen-bond donors (Lipinski definition) is 2. The largest absolute Gasteiger partial charge is 0.481 e. The Hall–Kier alpha value is -3.54. The van der Waals surface area contributed by atoms with E-state index in [-0.39, 0.29) is 24.4 Å². The minimum absolute atomic E-state index is 0.0313. The van der Waals surface area contributed by atoms with Crippen LogP contribution in [0.3, 0.4) is 0 Å². The molecule has 2 N–H and O–H groups in total. The van der Waals surface area contributed by atoms with Crippen molar-refractivity contribution in [2.45, 2.75) is 37.7 Å². The van der Waals surface area contributed by atoms with Crippen LogP contribution in [0.4, 0.5) is 0 Å². The van der Waals surface area contributed by atoms with Crippen LogP contribution in [0.5, 0.6) is 0 Å². The average molecular weight is 629 g/mol. The molecule has 0 bridgehead atoms. The first kappa shape index (κ1) is 29.4. The van der Waals surface area contributed by atoms with E-state index in [1.165, 1.54) is 4.90 Å². The van der Waals surface area contributed by atoms with Gasteiger partial charge in [0.15, 0.2) is 6.17 Å². The van der Waals surface area contributed by atoms with Crippen molar-refractivity contribution in [1.29, 1.82) is 0 Å². The molecule has 2 unspecified atom stereocenters. The van der Waals surface area contributed by atoms with Crippen molar-refractivity contribution in [3.8, 4) is 0 Å². The first-order valence-electron chi connectivity index (χ1n) is 12.7. The highest BCUT2D eigenvalue weighted by atomic mass is 79.9. The van der Waals surface area contributed by atoms with Gasteiger partial charge in [0.2, 0.25) is 10.0 Å². The van der Waals surface area contributed by atoms with E-state index >= 15 is 0 Å². The Kier molecular flexibility index (Phi) is 9.39. The number of hydrogen-bond acceptors (Lipinski definition) is 5. The quantitative estimate of drug-likeness (QED) is 0.368. The molecule has 9 nitrogen and oxygen atoms in total. The van der Waals surface area contributed by atoms with Crippen LogP contribution in [0.2, 0.25) is 0 Å². The van der Waals surface area contributed by atoms with Crippen LogP contribution < -0.4 is 5.32 Å². The van der Waals surface area contributed by atoms with E-state index in [0.717, 1.165) is 9.87 Å². The van der Waals surface area contributed by atoms with E-state index in [9.17, 15) is 27.9 Å². The summed E-state index contributed by atoms with van der Waals surface area (Å²) >= 11 is 3.35. The van der Waals surface area contributed by atoms with Crippen LogP contribution in [0.15, 0.2) is 83.3 Å². The zero-order valence-corrected chi connectivity index (χ0v) is 24.3. The Morgan fingerprint density at radius 3 is 2.40 bits per heavy atom. The Morgan fingerprint density at radius 1 is 1.00 bits per heavy atom. The van der Waals surface area contributed by atoms with Crippen LogP contribution >= 0.6 is 15.9 Å². The molecule has 40 heavy (non-hydrogen) atoms. The first-order valence-corrected chi connectivity index (χ1v) is 15.1. The highest BCUT2D eigenvalue weighted by molar-refractivity contribution is 9.10. The normalized spacial score (nSPS) is 16.8. The Bertz CT molecular complexity index is 1500. The molecule has 2 atom stereocenters. The third-order valence-corrected chi connectivity index (χ3v) is 8.89. The summed E-state index contributed by atoms with van der Waals surface area (Å²) < 4.78 is 29.1. The topological polar surface area (TPSA) is 124 Å². The second-order valence-electron chi connectivity index (χ2n) is 9.66. The predicted molar refractivity (Wildman–Crippen MR) is 154 cm³/mol. The molecular weight excluding hydrogens is 598 g/mol. The lowest BCUT2D eigenvalue weighted by Gasteiger charge is -2.42. The SMILES string of the molecule is Cc1cccc(C(CC(=O)O)NC(=O)C2N(C(=O)c3cccc(Br)c3)CCCN2S(=O)(=O)Cc2ccccc2)c1. The minimum Gasteiger partial charge on any atom is -0.481 e. The number of nitrogens with one attached hydrogen (secondary N) is 1. The molecule has 1 saturated heterocycles.